The zero-order chi connectivity index (χ0) is 22.2. The second-order valence-corrected chi connectivity index (χ2v) is 9.71. The van der Waals surface area contributed by atoms with Crippen LogP contribution in [0.5, 0.6) is 11.8 Å². The van der Waals surface area contributed by atoms with Crippen molar-refractivity contribution < 1.29 is 4.74 Å². The van der Waals surface area contributed by atoms with E-state index in [4.69, 9.17) is 27.9 Å². The number of thiazole rings is 1. The number of aryl methyl sites for hydroxylation is 1. The lowest BCUT2D eigenvalue weighted by Gasteiger charge is -2.33. The van der Waals surface area contributed by atoms with Gasteiger partial charge in [0.05, 0.1) is 11.2 Å². The maximum atomic E-state index is 6.63. The van der Waals surface area contributed by atoms with E-state index in [0.717, 1.165) is 48.6 Å². The van der Waals surface area contributed by atoms with E-state index in [0.29, 0.717) is 26.1 Å². The van der Waals surface area contributed by atoms with Gasteiger partial charge >= 0.3 is 6.01 Å². The number of hydrogen-bond donors (Lipinski definition) is 2. The molecule has 8 nitrogen and oxygen atoms in total. The van der Waals surface area contributed by atoms with Crippen LogP contribution >= 0.6 is 34.5 Å². The Bertz CT molecular complexity index is 1270. The first kappa shape index (κ1) is 21.3. The van der Waals surface area contributed by atoms with Crippen molar-refractivity contribution in [1.29, 1.82) is 0 Å². The van der Waals surface area contributed by atoms with E-state index < -0.39 is 0 Å². The van der Waals surface area contributed by atoms with Gasteiger partial charge in [0.1, 0.15) is 21.7 Å². The Balaban J connectivity index is 1.49. The molecule has 0 unspecified atom stereocenters. The molecule has 32 heavy (non-hydrogen) atoms. The van der Waals surface area contributed by atoms with Crippen molar-refractivity contribution in [1.82, 2.24) is 24.8 Å². The van der Waals surface area contributed by atoms with E-state index in [-0.39, 0.29) is 6.01 Å². The van der Waals surface area contributed by atoms with Gasteiger partial charge in [0.2, 0.25) is 0 Å². The minimum atomic E-state index is 0.208. The Morgan fingerprint density at radius 3 is 2.69 bits per heavy atom. The van der Waals surface area contributed by atoms with Crippen molar-refractivity contribution in [2.45, 2.75) is 6.92 Å². The van der Waals surface area contributed by atoms with Gasteiger partial charge in [-0.3, -0.25) is 0 Å². The number of benzene rings is 1. The summed E-state index contributed by atoms with van der Waals surface area (Å²) < 4.78 is 6.67. The zero-order valence-electron chi connectivity index (χ0n) is 17.5. The van der Waals surface area contributed by atoms with E-state index in [9.17, 15) is 0 Å². The highest BCUT2D eigenvalue weighted by molar-refractivity contribution is 7.19. The maximum absolute atomic E-state index is 6.63. The Hall–Kier alpha value is -2.59. The van der Waals surface area contributed by atoms with Gasteiger partial charge < -0.3 is 24.8 Å². The SMILES string of the molecule is Cc1cc2c(Cl)c(Oc3nc(Nc4ncc(Cl)s4)cc(N4CCN(C)CC4)n3)ccc2[nH]1. The highest BCUT2D eigenvalue weighted by Gasteiger charge is 2.19. The van der Waals surface area contributed by atoms with Gasteiger partial charge in [0.15, 0.2) is 5.13 Å². The van der Waals surface area contributed by atoms with Gasteiger partial charge in [-0.2, -0.15) is 9.97 Å². The number of hydrogen-bond acceptors (Lipinski definition) is 8. The molecule has 3 aromatic heterocycles. The second kappa shape index (κ2) is 8.74. The lowest BCUT2D eigenvalue weighted by atomic mass is 10.2. The molecular weight excluding hydrogens is 469 g/mol. The molecule has 0 aliphatic carbocycles. The van der Waals surface area contributed by atoms with Crippen LogP contribution in [0.1, 0.15) is 5.69 Å². The van der Waals surface area contributed by atoms with E-state index in [1.807, 2.05) is 31.2 Å². The van der Waals surface area contributed by atoms with Crippen molar-refractivity contribution in [3.05, 3.63) is 45.5 Å². The third-order valence-corrected chi connectivity index (χ3v) is 6.69. The number of nitrogens with one attached hydrogen (secondary N) is 2. The molecule has 1 fully saturated rings. The summed E-state index contributed by atoms with van der Waals surface area (Å²) in [5.74, 6) is 1.85. The monoisotopic (exact) mass is 489 g/mol. The first-order valence-electron chi connectivity index (χ1n) is 10.1. The third-order valence-electron chi connectivity index (χ3n) is 5.27. The van der Waals surface area contributed by atoms with Crippen LogP contribution in [0.3, 0.4) is 0 Å². The summed E-state index contributed by atoms with van der Waals surface area (Å²) >= 11 is 14.0. The fourth-order valence-electron chi connectivity index (χ4n) is 3.61. The number of piperazine rings is 1. The average Bonchev–Trinajstić information content (AvgIpc) is 3.35. The largest absolute Gasteiger partial charge is 0.423 e. The average molecular weight is 490 g/mol. The number of H-pyrrole nitrogens is 1. The standard InChI is InChI=1S/C21H21Cl2N7OS/c1-12-9-13-14(25-12)3-4-15(19(13)23)31-20-26-17(27-21-24-11-16(22)32-21)10-18(28-20)30-7-5-29(2)6-8-30/h3-4,9-11,25H,5-8H2,1-2H3,(H,24,26,27,28). The predicted octanol–water partition coefficient (Wildman–Crippen LogP) is 5.32. The van der Waals surface area contributed by atoms with Crippen LogP contribution in [0.4, 0.5) is 16.8 Å². The molecule has 2 N–H and O–H groups in total. The minimum absolute atomic E-state index is 0.208. The van der Waals surface area contributed by atoms with Crippen LogP contribution in [0.2, 0.25) is 9.36 Å². The smallest absolute Gasteiger partial charge is 0.325 e. The summed E-state index contributed by atoms with van der Waals surface area (Å²) in [5, 5.41) is 5.26. The molecule has 4 aromatic rings. The number of nitrogens with zero attached hydrogens (tertiary/aromatic N) is 5. The normalized spacial score (nSPS) is 14.8. The summed E-state index contributed by atoms with van der Waals surface area (Å²) in [5.41, 5.74) is 1.98. The van der Waals surface area contributed by atoms with Gasteiger partial charge in [0, 0.05) is 48.8 Å². The van der Waals surface area contributed by atoms with Crippen molar-refractivity contribution in [3.63, 3.8) is 0 Å². The van der Waals surface area contributed by atoms with Crippen LogP contribution in [0.15, 0.2) is 30.5 Å². The first-order chi connectivity index (χ1) is 15.4. The number of likely N-dealkylation sites (N-methyl/N-ethyl adjacent to an activating group) is 1. The Morgan fingerprint density at radius 1 is 1.12 bits per heavy atom. The lowest BCUT2D eigenvalue weighted by Crippen LogP contribution is -2.44. The molecule has 1 saturated heterocycles. The fourth-order valence-corrected chi connectivity index (χ4v) is 4.68. The van der Waals surface area contributed by atoms with Gasteiger partial charge in [-0.1, -0.05) is 34.5 Å². The molecule has 4 heterocycles. The summed E-state index contributed by atoms with van der Waals surface area (Å²) in [6.45, 7) is 5.64. The van der Waals surface area contributed by atoms with Crippen molar-refractivity contribution >= 4 is 62.2 Å². The van der Waals surface area contributed by atoms with Crippen molar-refractivity contribution in [3.8, 4) is 11.8 Å². The quantitative estimate of drug-likeness (QED) is 0.392. The van der Waals surface area contributed by atoms with Gasteiger partial charge in [0.25, 0.3) is 0 Å². The number of ether oxygens (including phenoxy) is 1. The summed E-state index contributed by atoms with van der Waals surface area (Å²) in [4.78, 5) is 21.3. The fraction of sp³-hybridized carbons (Fsp3) is 0.286. The number of anilines is 3. The Kier molecular flexibility index (Phi) is 5.81. The number of rotatable bonds is 5. The van der Waals surface area contributed by atoms with Crippen LogP contribution in [0, 0.1) is 6.92 Å². The molecule has 166 valence electrons. The van der Waals surface area contributed by atoms with Gasteiger partial charge in [-0.25, -0.2) is 4.98 Å². The molecule has 0 spiro atoms. The molecule has 0 bridgehead atoms. The molecular formula is C21H21Cl2N7OS. The lowest BCUT2D eigenvalue weighted by molar-refractivity contribution is 0.311. The summed E-state index contributed by atoms with van der Waals surface area (Å²) in [6.07, 6.45) is 1.60. The summed E-state index contributed by atoms with van der Waals surface area (Å²) in [7, 11) is 2.12. The molecule has 1 aliphatic heterocycles. The molecule has 1 aromatic carbocycles. The van der Waals surface area contributed by atoms with Crippen molar-refractivity contribution in [2.24, 2.45) is 0 Å². The number of aromatic nitrogens is 4. The summed E-state index contributed by atoms with van der Waals surface area (Å²) in [6, 6.07) is 7.85. The molecule has 0 radical (unpaired) electrons. The Labute approximate surface area is 199 Å². The van der Waals surface area contributed by atoms with Gasteiger partial charge in [-0.05, 0) is 32.2 Å². The highest BCUT2D eigenvalue weighted by atomic mass is 35.5. The van der Waals surface area contributed by atoms with E-state index in [1.54, 1.807) is 6.20 Å². The van der Waals surface area contributed by atoms with E-state index in [1.165, 1.54) is 11.3 Å². The van der Waals surface area contributed by atoms with Crippen LogP contribution in [-0.4, -0.2) is 58.1 Å². The van der Waals surface area contributed by atoms with E-state index in [2.05, 4.69) is 42.1 Å². The topological polar surface area (TPSA) is 82.2 Å². The molecule has 1 aliphatic rings. The molecule has 11 heteroatoms. The zero-order valence-corrected chi connectivity index (χ0v) is 19.9. The third kappa shape index (κ3) is 4.47. The predicted molar refractivity (Wildman–Crippen MR) is 130 cm³/mol. The maximum Gasteiger partial charge on any atom is 0.325 e. The van der Waals surface area contributed by atoms with Crippen LogP contribution in [-0.2, 0) is 0 Å². The molecule has 0 amide bonds. The minimum Gasteiger partial charge on any atom is -0.423 e. The number of fused-ring (bicyclic) bond motifs is 1. The molecule has 5 rings (SSSR count). The van der Waals surface area contributed by atoms with E-state index >= 15 is 0 Å². The number of halogens is 2. The van der Waals surface area contributed by atoms with Crippen LogP contribution in [0.25, 0.3) is 10.9 Å². The second-order valence-electron chi connectivity index (χ2n) is 7.67. The number of aromatic amines is 1. The van der Waals surface area contributed by atoms with Crippen molar-refractivity contribution in [2.75, 3.05) is 43.4 Å². The van der Waals surface area contributed by atoms with Gasteiger partial charge in [-0.15, -0.1) is 0 Å². The highest BCUT2D eigenvalue weighted by Crippen LogP contribution is 2.36. The molecule has 0 atom stereocenters. The molecule has 0 saturated carbocycles. The van der Waals surface area contributed by atoms with Crippen LogP contribution < -0.4 is 15.0 Å². The Morgan fingerprint density at radius 2 is 1.94 bits per heavy atom. The first-order valence-corrected chi connectivity index (χ1v) is 11.7.